The van der Waals surface area contributed by atoms with Crippen molar-refractivity contribution in [3.8, 4) is 0 Å². The van der Waals surface area contributed by atoms with Crippen LogP contribution in [-0.4, -0.2) is 21.0 Å². The van der Waals surface area contributed by atoms with Gasteiger partial charge in [-0.15, -0.1) is 0 Å². The average molecular weight is 142 g/mol. The predicted molar refractivity (Wildman–Crippen MR) is 28.9 cm³/mol. The van der Waals surface area contributed by atoms with Crippen molar-refractivity contribution in [2.24, 2.45) is 0 Å². The molecule has 0 aliphatic carbocycles. The topological polar surface area (TPSA) is 63.1 Å². The monoisotopic (exact) mass is 142 g/mol. The van der Waals surface area contributed by atoms with Gasteiger partial charge in [0.2, 0.25) is 11.8 Å². The summed E-state index contributed by atoms with van der Waals surface area (Å²) in [6, 6.07) is 0.979. The summed E-state index contributed by atoms with van der Waals surface area (Å²) in [5.41, 5.74) is 0. The number of nitrogens with zero attached hydrogens (tertiary/aromatic N) is 2. The van der Waals surface area contributed by atoms with Crippen molar-refractivity contribution in [3.63, 3.8) is 0 Å². The number of hydrogen-bond acceptors (Lipinski definition) is 3. The van der Waals surface area contributed by atoms with Crippen molar-refractivity contribution >= 4 is 5.97 Å². The lowest BCUT2D eigenvalue weighted by Gasteiger charge is -1.89. The van der Waals surface area contributed by atoms with Crippen LogP contribution in [-0.2, 0) is 0 Å². The summed E-state index contributed by atoms with van der Waals surface area (Å²) in [5, 5.41) is 8.22. The van der Waals surface area contributed by atoms with Crippen LogP contribution < -0.4 is 0 Å². The van der Waals surface area contributed by atoms with Crippen molar-refractivity contribution in [2.45, 2.75) is 0 Å². The fourth-order valence-electron chi connectivity index (χ4n) is 0.440. The van der Waals surface area contributed by atoms with Crippen molar-refractivity contribution in [1.82, 2.24) is 9.97 Å². The summed E-state index contributed by atoms with van der Waals surface area (Å²) in [4.78, 5) is 16.3. The van der Waals surface area contributed by atoms with Crippen LogP contribution in [0.3, 0.4) is 0 Å². The highest BCUT2D eigenvalue weighted by atomic mass is 19.1. The van der Waals surface area contributed by atoms with Crippen LogP contribution in [0.1, 0.15) is 10.6 Å². The van der Waals surface area contributed by atoms with Gasteiger partial charge in [0.05, 0.1) is 0 Å². The van der Waals surface area contributed by atoms with Crippen LogP contribution in [0, 0.1) is 5.95 Å². The van der Waals surface area contributed by atoms with Gasteiger partial charge in [0, 0.05) is 12.3 Å². The zero-order valence-corrected chi connectivity index (χ0v) is 4.78. The zero-order chi connectivity index (χ0) is 7.56. The van der Waals surface area contributed by atoms with Gasteiger partial charge in [-0.3, -0.25) is 0 Å². The van der Waals surface area contributed by atoms with E-state index in [1.807, 2.05) is 0 Å². The first-order valence-electron chi connectivity index (χ1n) is 2.42. The Morgan fingerprint density at radius 2 is 2.40 bits per heavy atom. The highest BCUT2D eigenvalue weighted by Crippen LogP contribution is 1.91. The molecule has 0 atom stereocenters. The molecule has 0 bridgehead atoms. The second-order valence-corrected chi connectivity index (χ2v) is 1.51. The maximum atomic E-state index is 12.1. The van der Waals surface area contributed by atoms with Crippen LogP contribution in [0.4, 0.5) is 4.39 Å². The van der Waals surface area contributed by atoms with Gasteiger partial charge in [-0.25, -0.2) is 9.78 Å². The first kappa shape index (κ1) is 6.60. The molecule has 5 heteroatoms. The number of carboxylic acid groups (broad SMARTS) is 1. The number of carboxylic acids is 1. The quantitative estimate of drug-likeness (QED) is 0.573. The Morgan fingerprint density at radius 3 is 2.80 bits per heavy atom. The van der Waals surface area contributed by atoms with Crippen molar-refractivity contribution in [3.05, 3.63) is 24.0 Å². The third-order valence-corrected chi connectivity index (χ3v) is 0.813. The maximum Gasteiger partial charge on any atom is 0.374 e. The third-order valence-electron chi connectivity index (χ3n) is 0.813. The summed E-state index contributed by atoms with van der Waals surface area (Å²) in [6.45, 7) is 0. The minimum Gasteiger partial charge on any atom is -0.475 e. The molecule has 52 valence electrons. The van der Waals surface area contributed by atoms with E-state index in [1.165, 1.54) is 0 Å². The first-order valence-corrected chi connectivity index (χ1v) is 2.42. The maximum absolute atomic E-state index is 12.1. The van der Waals surface area contributed by atoms with E-state index in [0.29, 0.717) is 0 Å². The molecule has 1 rings (SSSR count). The molecule has 0 amide bonds. The Bertz CT molecular complexity index is 264. The molecule has 0 aliphatic heterocycles. The van der Waals surface area contributed by atoms with E-state index in [2.05, 4.69) is 9.97 Å². The minimum atomic E-state index is -1.33. The van der Waals surface area contributed by atoms with Crippen LogP contribution >= 0.6 is 0 Å². The average Bonchev–Trinajstić information content (AvgIpc) is 1.88. The summed E-state index contributed by atoms with van der Waals surface area (Å²) in [6.07, 6.45) is 1.05. The summed E-state index contributed by atoms with van der Waals surface area (Å²) in [7, 11) is 0. The Hall–Kier alpha value is -1.52. The zero-order valence-electron chi connectivity index (χ0n) is 4.78. The van der Waals surface area contributed by atoms with E-state index >= 15 is 0 Å². The smallest absolute Gasteiger partial charge is 0.374 e. The molecule has 0 spiro atoms. The predicted octanol–water partition coefficient (Wildman–Crippen LogP) is 0.314. The van der Waals surface area contributed by atoms with Crippen molar-refractivity contribution in [2.75, 3.05) is 0 Å². The molecule has 0 fully saturated rings. The van der Waals surface area contributed by atoms with Gasteiger partial charge >= 0.3 is 5.97 Å². The molecule has 0 saturated carbocycles. The van der Waals surface area contributed by atoms with Gasteiger partial charge in [-0.05, 0) is 0 Å². The highest BCUT2D eigenvalue weighted by molar-refractivity contribution is 5.82. The molecular formula is C5H3FN2O2. The lowest BCUT2D eigenvalue weighted by atomic mass is 10.5. The van der Waals surface area contributed by atoms with E-state index < -0.39 is 17.7 Å². The Kier molecular flexibility index (Phi) is 1.57. The van der Waals surface area contributed by atoms with E-state index in [4.69, 9.17) is 5.11 Å². The van der Waals surface area contributed by atoms with Gasteiger partial charge in [0.15, 0.2) is 0 Å². The van der Waals surface area contributed by atoms with Gasteiger partial charge in [-0.2, -0.15) is 9.37 Å². The number of carbonyl (C=O) groups is 1. The second-order valence-electron chi connectivity index (χ2n) is 1.51. The largest absolute Gasteiger partial charge is 0.475 e. The molecule has 0 radical (unpaired) electrons. The van der Waals surface area contributed by atoms with Crippen LogP contribution in [0.25, 0.3) is 0 Å². The van der Waals surface area contributed by atoms with Crippen LogP contribution in [0.2, 0.25) is 0 Å². The van der Waals surface area contributed by atoms with E-state index in [1.54, 1.807) is 0 Å². The van der Waals surface area contributed by atoms with Crippen LogP contribution in [0.15, 0.2) is 12.3 Å². The summed E-state index contributed by atoms with van der Waals surface area (Å²) in [5.74, 6) is -2.70. The molecular weight excluding hydrogens is 139 g/mol. The number of rotatable bonds is 1. The second kappa shape index (κ2) is 2.38. The molecule has 1 aromatic heterocycles. The molecule has 1 N–H and O–H groups in total. The summed E-state index contributed by atoms with van der Waals surface area (Å²) >= 11 is 0. The van der Waals surface area contributed by atoms with Crippen molar-refractivity contribution in [1.29, 1.82) is 0 Å². The van der Waals surface area contributed by atoms with Gasteiger partial charge in [0.1, 0.15) is 0 Å². The Morgan fingerprint density at radius 1 is 1.70 bits per heavy atom. The third kappa shape index (κ3) is 1.25. The number of halogens is 1. The molecule has 10 heavy (non-hydrogen) atoms. The molecule has 0 saturated heterocycles. The number of hydrogen-bond donors (Lipinski definition) is 1. The van der Waals surface area contributed by atoms with Gasteiger partial charge in [-0.1, -0.05) is 0 Å². The van der Waals surface area contributed by atoms with E-state index in [9.17, 15) is 9.18 Å². The molecule has 1 aromatic rings. The molecule has 4 nitrogen and oxygen atoms in total. The molecule has 1 heterocycles. The Balaban J connectivity index is 3.07. The summed E-state index contributed by atoms with van der Waals surface area (Å²) < 4.78 is 12.1. The Labute approximate surface area is 55.4 Å². The van der Waals surface area contributed by atoms with E-state index in [0.717, 1.165) is 12.3 Å². The van der Waals surface area contributed by atoms with E-state index in [-0.39, 0.29) is 0 Å². The lowest BCUT2D eigenvalue weighted by Crippen LogP contribution is -2.04. The normalized spacial score (nSPS) is 9.30. The molecule has 0 unspecified atom stereocenters. The van der Waals surface area contributed by atoms with Gasteiger partial charge < -0.3 is 5.11 Å². The fraction of sp³-hybridized carbons (Fsp3) is 0. The number of aromatic nitrogens is 2. The lowest BCUT2D eigenvalue weighted by molar-refractivity contribution is 0.0682. The van der Waals surface area contributed by atoms with Gasteiger partial charge in [0.25, 0.3) is 0 Å². The van der Waals surface area contributed by atoms with Crippen LogP contribution in [0.5, 0.6) is 0 Å². The number of aromatic carboxylic acids is 1. The highest BCUT2D eigenvalue weighted by Gasteiger charge is 2.05. The fourth-order valence-corrected chi connectivity index (χ4v) is 0.440. The standard InChI is InChI=1S/C5H3FN2O2/c6-3-1-2-7-4(8-3)5(9)10/h1-2H,(H,9,10). The molecule has 0 aromatic carbocycles. The minimum absolute atomic E-state index is 0.528. The SMILES string of the molecule is O=C(O)c1nccc(F)n1. The van der Waals surface area contributed by atoms with Crippen molar-refractivity contribution < 1.29 is 14.3 Å². The first-order chi connectivity index (χ1) is 4.70. The molecule has 0 aliphatic rings.